The topological polar surface area (TPSA) is 110 Å². The van der Waals surface area contributed by atoms with E-state index in [0.29, 0.717) is 25.3 Å². The molecule has 10 heteroatoms. The molecule has 1 aliphatic carbocycles. The van der Waals surface area contributed by atoms with E-state index in [-0.39, 0.29) is 36.5 Å². The molecule has 196 valence electrons. The van der Waals surface area contributed by atoms with E-state index in [1.165, 1.54) is 12.0 Å². The van der Waals surface area contributed by atoms with Crippen molar-refractivity contribution in [2.45, 2.75) is 102 Å². The first-order valence-corrected chi connectivity index (χ1v) is 13.0. The summed E-state index contributed by atoms with van der Waals surface area (Å²) in [5.74, 6) is -1.48. The summed E-state index contributed by atoms with van der Waals surface area (Å²) in [7, 11) is 1.31. The number of carbonyl (C=O) groups excluding carboxylic acids is 3. The molecule has 10 nitrogen and oxygen atoms in total. The molecule has 1 saturated carbocycles. The average Bonchev–Trinajstić information content (AvgIpc) is 3.22. The molecule has 35 heavy (non-hydrogen) atoms. The van der Waals surface area contributed by atoms with Crippen LogP contribution in [0.2, 0.25) is 0 Å². The van der Waals surface area contributed by atoms with Crippen LogP contribution in [0.1, 0.15) is 72.1 Å². The van der Waals surface area contributed by atoms with Gasteiger partial charge in [0.2, 0.25) is 18.0 Å². The number of esters is 2. The summed E-state index contributed by atoms with van der Waals surface area (Å²) < 4.78 is 23.1. The highest BCUT2D eigenvalue weighted by atomic mass is 17.3. The van der Waals surface area contributed by atoms with Gasteiger partial charge in [-0.25, -0.2) is 14.6 Å². The van der Waals surface area contributed by atoms with E-state index in [2.05, 4.69) is 6.92 Å². The maximum Gasteiger partial charge on any atom is 0.328 e. The quantitative estimate of drug-likeness (QED) is 0.420. The Balaban J connectivity index is 1.24. The van der Waals surface area contributed by atoms with Gasteiger partial charge in [0.05, 0.1) is 13.5 Å². The van der Waals surface area contributed by atoms with Crippen LogP contribution in [0.3, 0.4) is 0 Å². The van der Waals surface area contributed by atoms with E-state index < -0.39 is 41.9 Å². The van der Waals surface area contributed by atoms with Gasteiger partial charge in [-0.05, 0) is 50.9 Å². The Bertz CT molecular complexity index is 866. The smallest absolute Gasteiger partial charge is 0.328 e. The molecular formula is C25H37NO9. The van der Waals surface area contributed by atoms with Gasteiger partial charge in [0.1, 0.15) is 6.04 Å². The zero-order valence-corrected chi connectivity index (χ0v) is 21.0. The summed E-state index contributed by atoms with van der Waals surface area (Å²) in [6.07, 6.45) is 3.29. The van der Waals surface area contributed by atoms with Gasteiger partial charge in [0, 0.05) is 31.2 Å². The SMILES string of the molecule is COC(=O)[C@H]1CCCN1C(=O)CCC(=O)O[C@@H]1O[C@@H]2O[C@@]3(C)CC[C@H]4[C@H](C)CC[C@@H]([C@H]1C)[C@@]24OO3. The van der Waals surface area contributed by atoms with Gasteiger partial charge >= 0.3 is 11.9 Å². The van der Waals surface area contributed by atoms with Crippen molar-refractivity contribution in [3.63, 3.8) is 0 Å². The molecule has 5 heterocycles. The Morgan fingerprint density at radius 3 is 2.60 bits per heavy atom. The molecule has 0 N–H and O–H groups in total. The Morgan fingerprint density at radius 2 is 1.83 bits per heavy atom. The van der Waals surface area contributed by atoms with Crippen molar-refractivity contribution in [1.29, 1.82) is 0 Å². The lowest BCUT2D eigenvalue weighted by Gasteiger charge is -2.59. The van der Waals surface area contributed by atoms with Gasteiger partial charge in [-0.2, -0.15) is 0 Å². The van der Waals surface area contributed by atoms with Crippen LogP contribution in [0.25, 0.3) is 0 Å². The first kappa shape index (κ1) is 24.9. The van der Waals surface area contributed by atoms with E-state index in [4.69, 9.17) is 28.7 Å². The van der Waals surface area contributed by atoms with Gasteiger partial charge in [-0.3, -0.25) is 9.59 Å². The van der Waals surface area contributed by atoms with Crippen molar-refractivity contribution in [2.24, 2.45) is 23.7 Å². The van der Waals surface area contributed by atoms with Gasteiger partial charge in [0.15, 0.2) is 11.9 Å². The lowest BCUT2D eigenvalue weighted by atomic mass is 9.58. The lowest BCUT2D eigenvalue weighted by molar-refractivity contribution is -0.576. The molecule has 6 aliphatic rings. The molecule has 5 saturated heterocycles. The van der Waals surface area contributed by atoms with Crippen LogP contribution < -0.4 is 0 Å². The van der Waals surface area contributed by atoms with Crippen molar-refractivity contribution in [1.82, 2.24) is 4.90 Å². The molecule has 0 aromatic carbocycles. The summed E-state index contributed by atoms with van der Waals surface area (Å²) >= 11 is 0. The number of nitrogens with zero attached hydrogens (tertiary/aromatic N) is 1. The molecule has 5 aliphatic heterocycles. The minimum absolute atomic E-state index is 0.0324. The third kappa shape index (κ3) is 4.16. The van der Waals surface area contributed by atoms with E-state index in [0.717, 1.165) is 25.7 Å². The first-order valence-electron chi connectivity index (χ1n) is 13.0. The average molecular weight is 496 g/mol. The Hall–Kier alpha value is -1.75. The van der Waals surface area contributed by atoms with Crippen LogP contribution >= 0.6 is 0 Å². The van der Waals surface area contributed by atoms with Crippen LogP contribution in [-0.2, 0) is 43.1 Å². The van der Waals surface area contributed by atoms with Crippen LogP contribution in [0.4, 0.5) is 0 Å². The molecule has 9 atom stereocenters. The molecule has 1 amide bonds. The number of methoxy groups -OCH3 is 1. The number of fused-ring (bicyclic) bond motifs is 2. The fraction of sp³-hybridized carbons (Fsp3) is 0.880. The second-order valence-electron chi connectivity index (χ2n) is 11.0. The molecule has 1 spiro atoms. The predicted molar refractivity (Wildman–Crippen MR) is 119 cm³/mol. The minimum atomic E-state index is -0.898. The standard InChI is InChI=1S/C25H37NO9/c1-14-7-8-17-15(2)22(32-23-25(17)16(14)11-12-24(3,33-23)34-35-25)31-20(28)10-9-19(27)26-13-5-6-18(26)21(29)30-4/h14-18,22-23H,5-13H2,1-4H3/t14-,15-,16+,17+,18-,22-,23-,24-,25-/m1/s1. The minimum Gasteiger partial charge on any atom is -0.467 e. The highest BCUT2D eigenvalue weighted by Gasteiger charge is 2.69. The number of likely N-dealkylation sites (tertiary alicyclic amines) is 1. The second-order valence-corrected chi connectivity index (χ2v) is 11.0. The Kier molecular flexibility index (Phi) is 6.61. The normalized spacial score (nSPS) is 44.3. The monoisotopic (exact) mass is 495 g/mol. The van der Waals surface area contributed by atoms with Crippen molar-refractivity contribution >= 4 is 17.8 Å². The van der Waals surface area contributed by atoms with E-state index in [9.17, 15) is 14.4 Å². The fourth-order valence-corrected chi connectivity index (χ4v) is 6.99. The van der Waals surface area contributed by atoms with Gasteiger partial charge in [-0.15, -0.1) is 0 Å². The Morgan fingerprint density at radius 1 is 1.03 bits per heavy atom. The van der Waals surface area contributed by atoms with Crippen molar-refractivity contribution in [3.8, 4) is 0 Å². The van der Waals surface area contributed by atoms with Gasteiger partial charge in [-0.1, -0.05) is 13.8 Å². The van der Waals surface area contributed by atoms with E-state index in [1.54, 1.807) is 0 Å². The van der Waals surface area contributed by atoms with Gasteiger partial charge < -0.3 is 23.8 Å². The van der Waals surface area contributed by atoms with Crippen LogP contribution in [-0.4, -0.2) is 66.4 Å². The summed E-state index contributed by atoms with van der Waals surface area (Å²) in [5, 5.41) is 0. The highest BCUT2D eigenvalue weighted by Crippen LogP contribution is 2.60. The summed E-state index contributed by atoms with van der Waals surface area (Å²) in [6.45, 7) is 6.60. The zero-order valence-electron chi connectivity index (χ0n) is 21.0. The maximum atomic E-state index is 12.8. The van der Waals surface area contributed by atoms with E-state index >= 15 is 0 Å². The largest absolute Gasteiger partial charge is 0.467 e. The Labute approximate surface area is 205 Å². The van der Waals surface area contributed by atoms with Crippen LogP contribution in [0.5, 0.6) is 0 Å². The van der Waals surface area contributed by atoms with Gasteiger partial charge in [0.25, 0.3) is 0 Å². The highest BCUT2D eigenvalue weighted by molar-refractivity contribution is 5.87. The zero-order chi connectivity index (χ0) is 25.0. The number of carbonyl (C=O) groups is 3. The van der Waals surface area contributed by atoms with Crippen LogP contribution in [0.15, 0.2) is 0 Å². The van der Waals surface area contributed by atoms with Crippen molar-refractivity contribution in [2.75, 3.05) is 13.7 Å². The number of hydrogen-bond acceptors (Lipinski definition) is 9. The molecule has 6 rings (SSSR count). The maximum absolute atomic E-state index is 12.8. The van der Waals surface area contributed by atoms with Crippen molar-refractivity contribution in [3.05, 3.63) is 0 Å². The molecule has 0 radical (unpaired) electrons. The number of ether oxygens (including phenoxy) is 4. The first-order chi connectivity index (χ1) is 16.7. The predicted octanol–water partition coefficient (Wildman–Crippen LogP) is 2.68. The van der Waals surface area contributed by atoms with Crippen LogP contribution in [0, 0.1) is 23.7 Å². The molecular weight excluding hydrogens is 458 g/mol. The summed E-state index contributed by atoms with van der Waals surface area (Å²) in [6, 6.07) is -0.575. The second kappa shape index (κ2) is 9.28. The fourth-order valence-electron chi connectivity index (χ4n) is 6.99. The third-order valence-corrected chi connectivity index (χ3v) is 8.93. The lowest BCUT2D eigenvalue weighted by Crippen LogP contribution is -2.70. The number of amides is 1. The number of rotatable bonds is 5. The third-order valence-electron chi connectivity index (χ3n) is 8.93. The molecule has 0 aromatic rings. The molecule has 2 bridgehead atoms. The summed E-state index contributed by atoms with van der Waals surface area (Å²) in [4.78, 5) is 50.8. The number of hydrogen-bond donors (Lipinski definition) is 0. The molecule has 0 aromatic heterocycles. The van der Waals surface area contributed by atoms with E-state index in [1.807, 2.05) is 13.8 Å². The summed E-state index contributed by atoms with van der Waals surface area (Å²) in [5.41, 5.74) is -0.718. The van der Waals surface area contributed by atoms with Crippen molar-refractivity contribution < 1.29 is 43.1 Å². The molecule has 0 unspecified atom stereocenters. The molecule has 6 fully saturated rings.